The molecule has 0 spiro atoms. The van der Waals surface area contributed by atoms with Gasteiger partial charge in [0.25, 0.3) is 5.91 Å². The van der Waals surface area contributed by atoms with Gasteiger partial charge in [0.1, 0.15) is 6.61 Å². The number of likely N-dealkylation sites (tertiary alicyclic amines) is 1. The molecule has 5 nitrogen and oxygen atoms in total. The summed E-state index contributed by atoms with van der Waals surface area (Å²) in [6.45, 7) is 0.356. The second kappa shape index (κ2) is 6.55. The van der Waals surface area contributed by atoms with Gasteiger partial charge < -0.3 is 15.3 Å². The fourth-order valence-electron chi connectivity index (χ4n) is 2.04. The summed E-state index contributed by atoms with van der Waals surface area (Å²) in [4.78, 5) is 26.4. The summed E-state index contributed by atoms with van der Waals surface area (Å²) in [6.07, 6.45) is 1.15. The number of carbonyl (C=O) groups is 2. The zero-order chi connectivity index (χ0) is 14.5. The van der Waals surface area contributed by atoms with Gasteiger partial charge in [0.2, 0.25) is 5.91 Å². The first-order valence-corrected chi connectivity index (χ1v) is 7.16. The summed E-state index contributed by atoms with van der Waals surface area (Å²) in [6, 6.07) is 3.48. The van der Waals surface area contributed by atoms with Gasteiger partial charge in [0.15, 0.2) is 0 Å². The van der Waals surface area contributed by atoms with Crippen LogP contribution in [0.2, 0.25) is 0 Å². The molecule has 1 fully saturated rings. The van der Waals surface area contributed by atoms with E-state index in [1.54, 1.807) is 24.1 Å². The Morgan fingerprint density at radius 3 is 3.10 bits per heavy atom. The van der Waals surface area contributed by atoms with Gasteiger partial charge in [0.05, 0.1) is 9.75 Å². The summed E-state index contributed by atoms with van der Waals surface area (Å²) in [5.74, 6) is 5.30. The Hall–Kier alpha value is -1.84. The summed E-state index contributed by atoms with van der Waals surface area (Å²) in [5, 5.41) is 11.6. The molecule has 2 amide bonds. The minimum atomic E-state index is -0.193. The number of nitrogens with one attached hydrogen (secondary N) is 1. The Morgan fingerprint density at radius 1 is 1.60 bits per heavy atom. The zero-order valence-corrected chi connectivity index (χ0v) is 12.0. The van der Waals surface area contributed by atoms with Crippen molar-refractivity contribution in [3.8, 4) is 11.8 Å². The molecule has 2 heterocycles. The van der Waals surface area contributed by atoms with Gasteiger partial charge in [-0.1, -0.05) is 11.8 Å². The predicted molar refractivity (Wildman–Crippen MR) is 76.4 cm³/mol. The summed E-state index contributed by atoms with van der Waals surface area (Å²) < 4.78 is 0. The van der Waals surface area contributed by atoms with Crippen molar-refractivity contribution < 1.29 is 14.7 Å². The number of hydrogen-bond donors (Lipinski definition) is 2. The molecule has 1 unspecified atom stereocenters. The lowest BCUT2D eigenvalue weighted by Crippen LogP contribution is -2.48. The number of amides is 2. The smallest absolute Gasteiger partial charge is 0.261 e. The van der Waals surface area contributed by atoms with Crippen LogP contribution in [-0.2, 0) is 4.79 Å². The van der Waals surface area contributed by atoms with Crippen LogP contribution < -0.4 is 5.32 Å². The van der Waals surface area contributed by atoms with E-state index < -0.39 is 0 Å². The minimum absolute atomic E-state index is 0.000670. The fraction of sp³-hybridized carbons (Fsp3) is 0.429. The first-order chi connectivity index (χ1) is 9.60. The van der Waals surface area contributed by atoms with Crippen molar-refractivity contribution in [3.05, 3.63) is 21.9 Å². The van der Waals surface area contributed by atoms with E-state index in [2.05, 4.69) is 17.2 Å². The predicted octanol–water partition coefficient (Wildman–Crippen LogP) is 0.443. The quantitative estimate of drug-likeness (QED) is 0.777. The van der Waals surface area contributed by atoms with Gasteiger partial charge in [-0.15, -0.1) is 11.3 Å². The third kappa shape index (κ3) is 3.59. The standard InChI is InChI=1S/C14H16N2O3S/c1-16-9-10(4-7-13(16)18)15-14(19)12-6-5-11(20-12)3-2-8-17/h5-6,10,17H,4,7-9H2,1H3,(H,15,19). The van der Waals surface area contributed by atoms with Gasteiger partial charge in [-0.3, -0.25) is 9.59 Å². The van der Waals surface area contributed by atoms with Gasteiger partial charge in [-0.2, -0.15) is 0 Å². The fourth-order valence-corrected chi connectivity index (χ4v) is 2.82. The van der Waals surface area contributed by atoms with E-state index in [1.165, 1.54) is 11.3 Å². The number of aliphatic hydroxyl groups excluding tert-OH is 1. The molecule has 1 saturated heterocycles. The molecule has 1 aromatic heterocycles. The Balaban J connectivity index is 1.95. The molecular formula is C14H16N2O3S. The summed E-state index contributed by atoms with van der Waals surface area (Å²) in [7, 11) is 1.74. The highest BCUT2D eigenvalue weighted by Crippen LogP contribution is 2.16. The number of likely N-dealkylation sites (N-methyl/N-ethyl adjacent to an activating group) is 1. The molecule has 0 bridgehead atoms. The van der Waals surface area contributed by atoms with Crippen molar-refractivity contribution in [1.29, 1.82) is 0 Å². The van der Waals surface area contributed by atoms with E-state index >= 15 is 0 Å². The van der Waals surface area contributed by atoms with Gasteiger partial charge in [0, 0.05) is 26.1 Å². The van der Waals surface area contributed by atoms with Crippen LogP contribution in [0.4, 0.5) is 0 Å². The normalized spacial score (nSPS) is 18.4. The molecule has 0 aliphatic carbocycles. The third-order valence-electron chi connectivity index (χ3n) is 3.08. The van der Waals surface area contributed by atoms with Gasteiger partial charge in [-0.05, 0) is 18.6 Å². The molecule has 0 radical (unpaired) electrons. The van der Waals surface area contributed by atoms with Crippen LogP contribution in [0, 0.1) is 11.8 Å². The lowest BCUT2D eigenvalue weighted by Gasteiger charge is -2.29. The Morgan fingerprint density at radius 2 is 2.40 bits per heavy atom. The third-order valence-corrected chi connectivity index (χ3v) is 4.08. The highest BCUT2D eigenvalue weighted by Gasteiger charge is 2.24. The monoisotopic (exact) mass is 292 g/mol. The van der Waals surface area contributed by atoms with E-state index in [1.807, 2.05) is 0 Å². The number of thiophene rings is 1. The van der Waals surface area contributed by atoms with E-state index in [9.17, 15) is 9.59 Å². The number of aliphatic hydroxyl groups is 1. The molecule has 106 valence electrons. The molecule has 0 aromatic carbocycles. The van der Waals surface area contributed by atoms with E-state index in [-0.39, 0.29) is 24.5 Å². The van der Waals surface area contributed by atoms with Crippen molar-refractivity contribution in [1.82, 2.24) is 10.2 Å². The highest BCUT2D eigenvalue weighted by molar-refractivity contribution is 7.14. The van der Waals surface area contributed by atoms with Crippen molar-refractivity contribution in [2.45, 2.75) is 18.9 Å². The second-order valence-electron chi connectivity index (χ2n) is 4.61. The Labute approximate surface area is 121 Å². The van der Waals surface area contributed by atoms with E-state index in [4.69, 9.17) is 5.11 Å². The lowest BCUT2D eigenvalue weighted by molar-refractivity contribution is -0.132. The van der Waals surface area contributed by atoms with Crippen molar-refractivity contribution in [2.24, 2.45) is 0 Å². The number of hydrogen-bond acceptors (Lipinski definition) is 4. The number of carbonyl (C=O) groups excluding carboxylic acids is 2. The molecule has 2 rings (SSSR count). The molecule has 1 atom stereocenters. The molecule has 20 heavy (non-hydrogen) atoms. The first-order valence-electron chi connectivity index (χ1n) is 6.34. The molecule has 1 aromatic rings. The SMILES string of the molecule is CN1CC(NC(=O)c2ccc(C#CCO)s2)CCC1=O. The Kier molecular flexibility index (Phi) is 4.77. The summed E-state index contributed by atoms with van der Waals surface area (Å²) >= 11 is 1.29. The summed E-state index contributed by atoms with van der Waals surface area (Å²) in [5.41, 5.74) is 0. The maximum Gasteiger partial charge on any atom is 0.261 e. The van der Waals surface area contributed by atoms with Crippen molar-refractivity contribution >= 4 is 23.2 Å². The van der Waals surface area contributed by atoms with E-state index in [0.717, 1.165) is 4.88 Å². The van der Waals surface area contributed by atoms with Crippen LogP contribution in [0.3, 0.4) is 0 Å². The molecule has 1 aliphatic rings. The number of rotatable bonds is 2. The molecule has 1 aliphatic heterocycles. The molecule has 0 saturated carbocycles. The average molecular weight is 292 g/mol. The van der Waals surface area contributed by atoms with E-state index in [0.29, 0.717) is 24.3 Å². The van der Waals surface area contributed by atoms with Crippen LogP contribution in [-0.4, -0.2) is 48.1 Å². The van der Waals surface area contributed by atoms with Crippen LogP contribution in [0.5, 0.6) is 0 Å². The minimum Gasteiger partial charge on any atom is -0.384 e. The Bertz CT molecular complexity index is 570. The number of nitrogens with zero attached hydrogens (tertiary/aromatic N) is 1. The number of piperidine rings is 1. The first kappa shape index (κ1) is 14.6. The molecular weight excluding hydrogens is 276 g/mol. The molecule has 2 N–H and O–H groups in total. The van der Waals surface area contributed by atoms with Crippen LogP contribution in [0.25, 0.3) is 0 Å². The maximum absolute atomic E-state index is 12.1. The van der Waals surface area contributed by atoms with Crippen LogP contribution in [0.1, 0.15) is 27.4 Å². The van der Waals surface area contributed by atoms with Crippen LogP contribution >= 0.6 is 11.3 Å². The van der Waals surface area contributed by atoms with Gasteiger partial charge >= 0.3 is 0 Å². The zero-order valence-electron chi connectivity index (χ0n) is 11.2. The topological polar surface area (TPSA) is 69.6 Å². The van der Waals surface area contributed by atoms with Gasteiger partial charge in [-0.25, -0.2) is 0 Å². The second-order valence-corrected chi connectivity index (χ2v) is 5.69. The largest absolute Gasteiger partial charge is 0.384 e. The van der Waals surface area contributed by atoms with Crippen LogP contribution in [0.15, 0.2) is 12.1 Å². The average Bonchev–Trinajstić information content (AvgIpc) is 2.89. The lowest BCUT2D eigenvalue weighted by atomic mass is 10.1. The maximum atomic E-state index is 12.1. The van der Waals surface area contributed by atoms with Crippen molar-refractivity contribution in [2.75, 3.05) is 20.2 Å². The molecule has 6 heteroatoms. The van der Waals surface area contributed by atoms with Crippen molar-refractivity contribution in [3.63, 3.8) is 0 Å². The highest BCUT2D eigenvalue weighted by atomic mass is 32.1.